The Balaban J connectivity index is 0.913. The van der Waals surface area contributed by atoms with Gasteiger partial charge in [-0.05, 0) is 73.3 Å². The zero-order valence-corrected chi connectivity index (χ0v) is 23.0. The Hall–Kier alpha value is -4.41. The number of hydrogen-bond acceptors (Lipinski definition) is 8. The SMILES string of the molecule is CSc1ccc2nc(-c3ccc(OCCOCCOc4ccc(-c5nc6ccc(C)cc6[nH]5)nc4)cn3)[nH]c2c1. The van der Waals surface area contributed by atoms with Crippen LogP contribution in [-0.4, -0.2) is 62.6 Å². The van der Waals surface area contributed by atoms with E-state index < -0.39 is 0 Å². The average Bonchev–Trinajstić information content (AvgIpc) is 3.61. The molecule has 0 saturated heterocycles. The van der Waals surface area contributed by atoms with Crippen molar-refractivity contribution in [2.45, 2.75) is 11.8 Å². The zero-order chi connectivity index (χ0) is 27.3. The lowest BCUT2D eigenvalue weighted by Gasteiger charge is -2.09. The first-order valence-electron chi connectivity index (χ1n) is 12.9. The molecule has 40 heavy (non-hydrogen) atoms. The van der Waals surface area contributed by atoms with Crippen LogP contribution >= 0.6 is 11.8 Å². The Morgan fingerprint density at radius 2 is 1.25 bits per heavy atom. The summed E-state index contributed by atoms with van der Waals surface area (Å²) in [5.74, 6) is 2.82. The van der Waals surface area contributed by atoms with Crippen LogP contribution in [0, 0.1) is 6.92 Å². The minimum Gasteiger partial charge on any atom is -0.490 e. The standard InChI is InChI=1S/C30H28N6O3S/c1-19-3-7-23-27(15-19)35-29(33-23)25-8-4-20(17-31-25)38-13-11-37-12-14-39-21-5-9-26(32-18-21)30-34-24-10-6-22(40-2)16-28(24)36-30/h3-10,15-18H,11-14H2,1-2H3,(H,33,35)(H,34,36). The molecule has 6 aromatic rings. The number of aromatic nitrogens is 6. The van der Waals surface area contributed by atoms with Crippen molar-refractivity contribution in [3.8, 4) is 34.5 Å². The van der Waals surface area contributed by atoms with Crippen molar-refractivity contribution in [2.75, 3.05) is 32.7 Å². The lowest BCUT2D eigenvalue weighted by Crippen LogP contribution is -2.12. The molecular weight excluding hydrogens is 524 g/mol. The van der Waals surface area contributed by atoms with E-state index in [4.69, 9.17) is 14.2 Å². The molecule has 0 amide bonds. The molecule has 0 radical (unpaired) electrons. The summed E-state index contributed by atoms with van der Waals surface area (Å²) in [6.07, 6.45) is 5.45. The van der Waals surface area contributed by atoms with E-state index >= 15 is 0 Å². The Labute approximate surface area is 235 Å². The third-order valence-electron chi connectivity index (χ3n) is 6.28. The normalized spacial score (nSPS) is 11.3. The van der Waals surface area contributed by atoms with Gasteiger partial charge in [0.25, 0.3) is 0 Å². The minimum absolute atomic E-state index is 0.413. The van der Waals surface area contributed by atoms with Crippen LogP contribution in [0.4, 0.5) is 0 Å². The largest absolute Gasteiger partial charge is 0.490 e. The molecule has 0 bridgehead atoms. The number of H-pyrrole nitrogens is 2. The predicted molar refractivity (Wildman–Crippen MR) is 157 cm³/mol. The lowest BCUT2D eigenvalue weighted by atomic mass is 10.2. The summed E-state index contributed by atoms with van der Waals surface area (Å²) in [5.41, 5.74) is 6.54. The lowest BCUT2D eigenvalue weighted by molar-refractivity contribution is 0.0762. The predicted octanol–water partition coefficient (Wildman–Crippen LogP) is 6.07. The van der Waals surface area contributed by atoms with Crippen molar-refractivity contribution in [1.82, 2.24) is 29.9 Å². The summed E-state index contributed by atoms with van der Waals surface area (Å²) in [5, 5.41) is 0. The van der Waals surface area contributed by atoms with E-state index in [1.54, 1.807) is 24.2 Å². The molecule has 0 aliphatic carbocycles. The molecule has 2 N–H and O–H groups in total. The molecule has 6 rings (SSSR count). The third kappa shape index (κ3) is 5.93. The van der Waals surface area contributed by atoms with E-state index in [0.29, 0.717) is 37.9 Å². The van der Waals surface area contributed by atoms with Crippen LogP contribution in [0.5, 0.6) is 11.5 Å². The summed E-state index contributed by atoms with van der Waals surface area (Å²) >= 11 is 1.70. The highest BCUT2D eigenvalue weighted by Gasteiger charge is 2.09. The van der Waals surface area contributed by atoms with Crippen molar-refractivity contribution in [1.29, 1.82) is 0 Å². The number of nitrogens with zero attached hydrogens (tertiary/aromatic N) is 4. The van der Waals surface area contributed by atoms with E-state index in [-0.39, 0.29) is 0 Å². The van der Waals surface area contributed by atoms with Gasteiger partial charge in [-0.25, -0.2) is 19.9 Å². The van der Waals surface area contributed by atoms with Gasteiger partial charge < -0.3 is 24.2 Å². The quantitative estimate of drug-likeness (QED) is 0.147. The minimum atomic E-state index is 0.413. The number of hydrogen-bond donors (Lipinski definition) is 2. The van der Waals surface area contributed by atoms with Crippen LogP contribution in [0.1, 0.15) is 5.56 Å². The van der Waals surface area contributed by atoms with E-state index in [9.17, 15) is 0 Å². The summed E-state index contributed by atoms with van der Waals surface area (Å²) in [6.45, 7) is 3.76. The molecule has 9 nitrogen and oxygen atoms in total. The van der Waals surface area contributed by atoms with Crippen LogP contribution in [0.15, 0.2) is 78.0 Å². The van der Waals surface area contributed by atoms with Crippen molar-refractivity contribution in [2.24, 2.45) is 0 Å². The second-order valence-corrected chi connectivity index (χ2v) is 10.0. The highest BCUT2D eigenvalue weighted by Crippen LogP contribution is 2.25. The second kappa shape index (κ2) is 11.8. The molecule has 202 valence electrons. The smallest absolute Gasteiger partial charge is 0.157 e. The van der Waals surface area contributed by atoms with Crippen LogP contribution in [0.25, 0.3) is 45.1 Å². The van der Waals surface area contributed by atoms with Gasteiger partial charge in [0.05, 0.1) is 47.7 Å². The highest BCUT2D eigenvalue weighted by molar-refractivity contribution is 7.98. The van der Waals surface area contributed by atoms with Gasteiger partial charge in [0, 0.05) is 4.90 Å². The first-order chi connectivity index (χ1) is 19.6. The van der Waals surface area contributed by atoms with Gasteiger partial charge in [0.15, 0.2) is 11.6 Å². The van der Waals surface area contributed by atoms with Gasteiger partial charge >= 0.3 is 0 Å². The number of aromatic amines is 2. The topological polar surface area (TPSA) is 111 Å². The number of rotatable bonds is 11. The summed E-state index contributed by atoms with van der Waals surface area (Å²) < 4.78 is 17.1. The van der Waals surface area contributed by atoms with Crippen molar-refractivity contribution in [3.63, 3.8) is 0 Å². The first kappa shape index (κ1) is 25.8. The van der Waals surface area contributed by atoms with Crippen molar-refractivity contribution < 1.29 is 14.2 Å². The number of ether oxygens (including phenoxy) is 3. The van der Waals surface area contributed by atoms with Crippen LogP contribution in [0.2, 0.25) is 0 Å². The summed E-state index contributed by atoms with van der Waals surface area (Å²) in [4.78, 5) is 26.1. The number of benzene rings is 2. The highest BCUT2D eigenvalue weighted by atomic mass is 32.2. The number of aryl methyl sites for hydroxylation is 1. The Kier molecular flexibility index (Phi) is 7.60. The third-order valence-corrected chi connectivity index (χ3v) is 7.00. The maximum absolute atomic E-state index is 5.75. The molecular formula is C30H28N6O3S. The molecule has 0 spiro atoms. The average molecular weight is 553 g/mol. The fourth-order valence-corrected chi connectivity index (χ4v) is 4.67. The van der Waals surface area contributed by atoms with E-state index in [1.807, 2.05) is 42.5 Å². The van der Waals surface area contributed by atoms with E-state index in [1.165, 1.54) is 10.5 Å². The molecule has 4 aromatic heterocycles. The second-order valence-electron chi connectivity index (χ2n) is 9.14. The van der Waals surface area contributed by atoms with Gasteiger partial charge in [0.1, 0.15) is 36.1 Å². The molecule has 0 aliphatic rings. The molecule has 0 fully saturated rings. The van der Waals surface area contributed by atoms with Gasteiger partial charge in [-0.3, -0.25) is 0 Å². The zero-order valence-electron chi connectivity index (χ0n) is 22.2. The maximum atomic E-state index is 5.75. The summed E-state index contributed by atoms with van der Waals surface area (Å²) in [6, 6.07) is 19.9. The van der Waals surface area contributed by atoms with Crippen molar-refractivity contribution >= 4 is 33.8 Å². The maximum Gasteiger partial charge on any atom is 0.157 e. The number of imidazole rings is 2. The summed E-state index contributed by atoms with van der Waals surface area (Å²) in [7, 11) is 0. The van der Waals surface area contributed by atoms with Crippen LogP contribution < -0.4 is 9.47 Å². The van der Waals surface area contributed by atoms with Crippen LogP contribution in [-0.2, 0) is 4.74 Å². The molecule has 0 saturated carbocycles. The fraction of sp³-hybridized carbons (Fsp3) is 0.200. The van der Waals surface area contributed by atoms with Gasteiger partial charge in [-0.15, -0.1) is 11.8 Å². The fourth-order valence-electron chi connectivity index (χ4n) is 4.23. The van der Waals surface area contributed by atoms with E-state index in [2.05, 4.69) is 61.3 Å². The molecule has 10 heteroatoms. The Bertz CT molecular complexity index is 1730. The molecule has 0 unspecified atom stereocenters. The molecule has 2 aromatic carbocycles. The van der Waals surface area contributed by atoms with Gasteiger partial charge in [0.2, 0.25) is 0 Å². The number of fused-ring (bicyclic) bond motifs is 2. The van der Waals surface area contributed by atoms with Crippen LogP contribution in [0.3, 0.4) is 0 Å². The number of pyridine rings is 2. The Morgan fingerprint density at radius 1 is 0.675 bits per heavy atom. The monoisotopic (exact) mass is 552 g/mol. The van der Waals surface area contributed by atoms with E-state index in [0.717, 1.165) is 45.1 Å². The van der Waals surface area contributed by atoms with Crippen molar-refractivity contribution in [3.05, 3.63) is 78.6 Å². The molecule has 0 aliphatic heterocycles. The molecule has 4 heterocycles. The van der Waals surface area contributed by atoms with Gasteiger partial charge in [-0.1, -0.05) is 6.07 Å². The first-order valence-corrected chi connectivity index (χ1v) is 14.1. The number of thioether (sulfide) groups is 1. The number of nitrogens with one attached hydrogen (secondary N) is 2. The molecule has 0 atom stereocenters. The van der Waals surface area contributed by atoms with Gasteiger partial charge in [-0.2, -0.15) is 0 Å². The Morgan fingerprint density at radius 3 is 1.80 bits per heavy atom.